The Hall–Kier alpha value is -0.0800. The van der Waals surface area contributed by atoms with Crippen LogP contribution in [0.4, 0.5) is 0 Å². The van der Waals surface area contributed by atoms with Gasteiger partial charge >= 0.3 is 0 Å². The first-order chi connectivity index (χ1) is 5.93. The highest BCUT2D eigenvalue weighted by atomic mass is 16.5. The maximum atomic E-state index is 5.64. The molecule has 0 aromatic heterocycles. The molecule has 1 saturated heterocycles. The normalized spacial score (nSPS) is 23.2. The van der Waals surface area contributed by atoms with Crippen LogP contribution in [0.5, 0.6) is 0 Å². The first kappa shape index (κ1) is 10.0. The van der Waals surface area contributed by atoms with Crippen molar-refractivity contribution >= 4 is 0 Å². The monoisotopic (exact) mass is 171 g/mol. The van der Waals surface area contributed by atoms with E-state index in [1.54, 1.807) is 0 Å². The highest BCUT2D eigenvalue weighted by Gasteiger charge is 2.12. The van der Waals surface area contributed by atoms with E-state index in [1.807, 2.05) is 0 Å². The van der Waals surface area contributed by atoms with Crippen LogP contribution >= 0.6 is 0 Å². The number of rotatable bonds is 6. The molecule has 1 heterocycles. The summed E-state index contributed by atoms with van der Waals surface area (Å²) in [5.74, 6) is 0. The van der Waals surface area contributed by atoms with Crippen molar-refractivity contribution in [3.63, 3.8) is 0 Å². The minimum atomic E-state index is 0.367. The van der Waals surface area contributed by atoms with E-state index in [0.29, 0.717) is 6.23 Å². The molecule has 2 nitrogen and oxygen atoms in total. The van der Waals surface area contributed by atoms with Gasteiger partial charge in [-0.25, -0.2) is 0 Å². The lowest BCUT2D eigenvalue weighted by Gasteiger charge is -2.10. The lowest BCUT2D eigenvalue weighted by Crippen LogP contribution is -2.24. The largest absolute Gasteiger partial charge is 0.363 e. The molecule has 12 heavy (non-hydrogen) atoms. The van der Waals surface area contributed by atoms with Gasteiger partial charge in [-0.1, -0.05) is 26.2 Å². The second-order valence-electron chi connectivity index (χ2n) is 3.52. The average molecular weight is 171 g/mol. The summed E-state index contributed by atoms with van der Waals surface area (Å²) >= 11 is 0. The maximum Gasteiger partial charge on any atom is 0.108 e. The fraction of sp³-hybridized carbons (Fsp3) is 1.00. The summed E-state index contributed by atoms with van der Waals surface area (Å²) < 4.78 is 5.64. The molecule has 0 aromatic carbocycles. The minimum absolute atomic E-state index is 0.367. The Morgan fingerprint density at radius 1 is 1.33 bits per heavy atom. The number of unbranched alkanes of at least 4 members (excludes halogenated alkanes) is 3. The van der Waals surface area contributed by atoms with Gasteiger partial charge in [-0.3, -0.25) is 5.32 Å². The van der Waals surface area contributed by atoms with E-state index < -0.39 is 0 Å². The van der Waals surface area contributed by atoms with Gasteiger partial charge in [0, 0.05) is 6.61 Å². The van der Waals surface area contributed by atoms with Crippen LogP contribution in [0.1, 0.15) is 45.4 Å². The molecule has 0 aromatic rings. The van der Waals surface area contributed by atoms with Crippen LogP contribution in [0.15, 0.2) is 0 Å². The summed E-state index contributed by atoms with van der Waals surface area (Å²) in [7, 11) is 0. The van der Waals surface area contributed by atoms with Crippen LogP contribution in [0.3, 0.4) is 0 Å². The average Bonchev–Trinajstić information content (AvgIpc) is 2.57. The molecule has 0 amide bonds. The summed E-state index contributed by atoms with van der Waals surface area (Å²) in [5, 5.41) is 3.33. The van der Waals surface area contributed by atoms with Gasteiger partial charge < -0.3 is 4.74 Å². The van der Waals surface area contributed by atoms with E-state index in [2.05, 4.69) is 12.2 Å². The van der Waals surface area contributed by atoms with Gasteiger partial charge in [0.05, 0.1) is 0 Å². The van der Waals surface area contributed by atoms with Crippen molar-refractivity contribution in [1.29, 1.82) is 0 Å². The molecule has 1 N–H and O–H groups in total. The predicted molar refractivity (Wildman–Crippen MR) is 51.1 cm³/mol. The molecule has 0 spiro atoms. The van der Waals surface area contributed by atoms with Gasteiger partial charge in [-0.2, -0.15) is 0 Å². The molecule has 1 rings (SSSR count). The van der Waals surface area contributed by atoms with Crippen LogP contribution in [0.25, 0.3) is 0 Å². The third kappa shape index (κ3) is 4.07. The van der Waals surface area contributed by atoms with Gasteiger partial charge in [-0.15, -0.1) is 0 Å². The molecule has 1 unspecified atom stereocenters. The Morgan fingerprint density at radius 3 is 2.92 bits per heavy atom. The Kier molecular flexibility index (Phi) is 5.37. The summed E-state index contributed by atoms with van der Waals surface area (Å²) in [6.07, 6.45) is 8.05. The van der Waals surface area contributed by atoms with Gasteiger partial charge in [0.2, 0.25) is 0 Å². The van der Waals surface area contributed by atoms with Crippen molar-refractivity contribution in [3.05, 3.63) is 0 Å². The maximum absolute atomic E-state index is 5.64. The van der Waals surface area contributed by atoms with Gasteiger partial charge in [0.1, 0.15) is 6.23 Å². The smallest absolute Gasteiger partial charge is 0.108 e. The number of hydrogen-bond acceptors (Lipinski definition) is 2. The number of nitrogens with one attached hydrogen (secondary N) is 1. The minimum Gasteiger partial charge on any atom is -0.363 e. The molecule has 2 heteroatoms. The summed E-state index contributed by atoms with van der Waals surface area (Å²) in [6.45, 7) is 4.32. The predicted octanol–water partition coefficient (Wildman–Crippen LogP) is 2.29. The Labute approximate surface area is 75.7 Å². The Balaban J connectivity index is 1.81. The van der Waals surface area contributed by atoms with Crippen LogP contribution in [0, 0.1) is 0 Å². The Bertz CT molecular complexity index is 100. The van der Waals surface area contributed by atoms with E-state index in [1.165, 1.54) is 38.5 Å². The first-order valence-corrected chi connectivity index (χ1v) is 5.28. The van der Waals surface area contributed by atoms with Crippen LogP contribution in [-0.4, -0.2) is 19.4 Å². The third-order valence-corrected chi connectivity index (χ3v) is 2.33. The van der Waals surface area contributed by atoms with Crippen molar-refractivity contribution < 1.29 is 4.74 Å². The summed E-state index contributed by atoms with van der Waals surface area (Å²) in [4.78, 5) is 0. The zero-order valence-corrected chi connectivity index (χ0v) is 8.14. The van der Waals surface area contributed by atoms with Gasteiger partial charge in [-0.05, 0) is 25.8 Å². The highest BCUT2D eigenvalue weighted by Crippen LogP contribution is 2.07. The van der Waals surface area contributed by atoms with E-state index in [0.717, 1.165) is 13.2 Å². The molecule has 1 aliphatic rings. The zero-order valence-electron chi connectivity index (χ0n) is 8.14. The highest BCUT2D eigenvalue weighted by molar-refractivity contribution is 4.64. The molecular formula is C10H21NO. The van der Waals surface area contributed by atoms with E-state index >= 15 is 0 Å². The quantitative estimate of drug-likeness (QED) is 0.619. The number of hydrogen-bond donors (Lipinski definition) is 1. The van der Waals surface area contributed by atoms with E-state index in [4.69, 9.17) is 4.74 Å². The second kappa shape index (κ2) is 6.44. The fourth-order valence-corrected chi connectivity index (χ4v) is 1.55. The lowest BCUT2D eigenvalue weighted by molar-refractivity contribution is 0.0411. The molecule has 72 valence electrons. The van der Waals surface area contributed by atoms with Crippen LogP contribution in [-0.2, 0) is 4.74 Å². The molecule has 1 aliphatic heterocycles. The zero-order chi connectivity index (χ0) is 8.65. The lowest BCUT2D eigenvalue weighted by atomic mass is 10.2. The number of ether oxygens (including phenoxy) is 1. The van der Waals surface area contributed by atoms with Gasteiger partial charge in [0.15, 0.2) is 0 Å². The molecule has 0 aliphatic carbocycles. The first-order valence-electron chi connectivity index (χ1n) is 5.28. The topological polar surface area (TPSA) is 21.3 Å². The molecule has 1 fully saturated rings. The van der Waals surface area contributed by atoms with Gasteiger partial charge in [0.25, 0.3) is 0 Å². The van der Waals surface area contributed by atoms with Crippen molar-refractivity contribution in [1.82, 2.24) is 5.32 Å². The van der Waals surface area contributed by atoms with Crippen molar-refractivity contribution in [2.45, 2.75) is 51.7 Å². The van der Waals surface area contributed by atoms with E-state index in [9.17, 15) is 0 Å². The van der Waals surface area contributed by atoms with Crippen molar-refractivity contribution in [3.8, 4) is 0 Å². The Morgan fingerprint density at radius 2 is 2.25 bits per heavy atom. The molecule has 0 bridgehead atoms. The van der Waals surface area contributed by atoms with Crippen molar-refractivity contribution in [2.24, 2.45) is 0 Å². The fourth-order valence-electron chi connectivity index (χ4n) is 1.55. The van der Waals surface area contributed by atoms with E-state index in [-0.39, 0.29) is 0 Å². The van der Waals surface area contributed by atoms with Crippen molar-refractivity contribution in [2.75, 3.05) is 13.2 Å². The SMILES string of the molecule is CCCCCCOC1CCCN1. The van der Waals surface area contributed by atoms with Crippen LogP contribution < -0.4 is 5.32 Å². The second-order valence-corrected chi connectivity index (χ2v) is 3.52. The summed E-state index contributed by atoms with van der Waals surface area (Å²) in [6, 6.07) is 0. The standard InChI is InChI=1S/C10H21NO/c1-2-3-4-5-9-12-10-7-6-8-11-10/h10-11H,2-9H2,1H3. The van der Waals surface area contributed by atoms with Crippen LogP contribution in [0.2, 0.25) is 0 Å². The third-order valence-electron chi connectivity index (χ3n) is 2.33. The summed E-state index contributed by atoms with van der Waals surface area (Å²) in [5.41, 5.74) is 0. The molecular weight excluding hydrogens is 150 g/mol. The molecule has 0 radical (unpaired) electrons. The molecule has 1 atom stereocenters. The molecule has 0 saturated carbocycles.